The van der Waals surface area contributed by atoms with Gasteiger partial charge in [0.1, 0.15) is 5.75 Å². The zero-order valence-corrected chi connectivity index (χ0v) is 11.6. The van der Waals surface area contributed by atoms with Gasteiger partial charge in [0.2, 0.25) is 5.88 Å². The molecule has 0 N–H and O–H groups in total. The molecule has 1 aromatic heterocycles. The molecule has 0 amide bonds. The van der Waals surface area contributed by atoms with Crippen LogP contribution in [0.25, 0.3) is 0 Å². The standard InChI is InChI=1S/C16H14N2O2/c1-10-7-13(9-17)8-11(2)15(10)20-16-14(12(3)19)5-4-6-18-16/h4-8H,1-3H3. The number of hydrogen-bond donors (Lipinski definition) is 0. The molecular formula is C16H14N2O2. The van der Waals surface area contributed by atoms with Crippen molar-refractivity contribution in [2.45, 2.75) is 20.8 Å². The molecular weight excluding hydrogens is 252 g/mol. The summed E-state index contributed by atoms with van der Waals surface area (Å²) in [6.45, 7) is 5.20. The second-order valence-electron chi connectivity index (χ2n) is 4.57. The average molecular weight is 266 g/mol. The summed E-state index contributed by atoms with van der Waals surface area (Å²) in [4.78, 5) is 15.7. The first-order valence-electron chi connectivity index (χ1n) is 6.18. The van der Waals surface area contributed by atoms with Crippen LogP contribution < -0.4 is 4.74 Å². The molecule has 20 heavy (non-hydrogen) atoms. The summed E-state index contributed by atoms with van der Waals surface area (Å²) in [5.74, 6) is 0.818. The number of rotatable bonds is 3. The number of ketones is 1. The first-order chi connectivity index (χ1) is 9.52. The van der Waals surface area contributed by atoms with Crippen molar-refractivity contribution in [2.24, 2.45) is 0 Å². The van der Waals surface area contributed by atoms with E-state index in [-0.39, 0.29) is 11.7 Å². The molecule has 0 aliphatic heterocycles. The van der Waals surface area contributed by atoms with Gasteiger partial charge in [0.25, 0.3) is 0 Å². The molecule has 0 spiro atoms. The van der Waals surface area contributed by atoms with E-state index in [0.29, 0.717) is 16.9 Å². The summed E-state index contributed by atoms with van der Waals surface area (Å²) < 4.78 is 5.79. The molecule has 1 aromatic carbocycles. The third-order valence-electron chi connectivity index (χ3n) is 2.94. The van der Waals surface area contributed by atoms with Crippen LogP contribution in [-0.2, 0) is 0 Å². The number of aryl methyl sites for hydroxylation is 2. The van der Waals surface area contributed by atoms with E-state index in [1.54, 1.807) is 30.5 Å². The van der Waals surface area contributed by atoms with Crippen LogP contribution in [-0.4, -0.2) is 10.8 Å². The zero-order valence-electron chi connectivity index (χ0n) is 11.6. The number of pyridine rings is 1. The van der Waals surface area contributed by atoms with Crippen molar-refractivity contribution >= 4 is 5.78 Å². The van der Waals surface area contributed by atoms with Crippen molar-refractivity contribution in [3.63, 3.8) is 0 Å². The molecule has 0 saturated carbocycles. The predicted molar refractivity (Wildman–Crippen MR) is 74.9 cm³/mol. The number of benzene rings is 1. The van der Waals surface area contributed by atoms with Crippen LogP contribution in [0.2, 0.25) is 0 Å². The number of nitriles is 1. The minimum absolute atomic E-state index is 0.1000. The van der Waals surface area contributed by atoms with E-state index in [1.165, 1.54) is 6.92 Å². The third kappa shape index (κ3) is 2.67. The summed E-state index contributed by atoms with van der Waals surface area (Å²) in [6.07, 6.45) is 1.58. The lowest BCUT2D eigenvalue weighted by atomic mass is 10.1. The van der Waals surface area contributed by atoms with Gasteiger partial charge >= 0.3 is 0 Å². The van der Waals surface area contributed by atoms with Gasteiger partial charge in [0.05, 0.1) is 17.2 Å². The van der Waals surface area contributed by atoms with Crippen molar-refractivity contribution in [1.82, 2.24) is 4.98 Å². The van der Waals surface area contributed by atoms with E-state index in [0.717, 1.165) is 11.1 Å². The molecule has 0 radical (unpaired) electrons. The van der Waals surface area contributed by atoms with Crippen LogP contribution >= 0.6 is 0 Å². The molecule has 2 aromatic rings. The maximum Gasteiger partial charge on any atom is 0.230 e. The van der Waals surface area contributed by atoms with Gasteiger partial charge in [-0.2, -0.15) is 5.26 Å². The number of carbonyl (C=O) groups excluding carboxylic acids is 1. The Morgan fingerprint density at radius 2 is 1.95 bits per heavy atom. The van der Waals surface area contributed by atoms with Crippen molar-refractivity contribution in [3.05, 3.63) is 52.7 Å². The molecule has 0 atom stereocenters. The van der Waals surface area contributed by atoms with Crippen LogP contribution in [0.3, 0.4) is 0 Å². The SMILES string of the molecule is CC(=O)c1cccnc1Oc1c(C)cc(C#N)cc1C. The van der Waals surface area contributed by atoms with Crippen molar-refractivity contribution in [1.29, 1.82) is 5.26 Å². The number of ether oxygens (including phenoxy) is 1. The fraction of sp³-hybridized carbons (Fsp3) is 0.188. The minimum atomic E-state index is -0.1000. The Hall–Kier alpha value is -2.67. The molecule has 0 fully saturated rings. The minimum Gasteiger partial charge on any atom is -0.438 e. The second kappa shape index (κ2) is 5.54. The van der Waals surface area contributed by atoms with Gasteiger partial charge in [-0.15, -0.1) is 0 Å². The fourth-order valence-electron chi connectivity index (χ4n) is 2.01. The molecule has 0 saturated heterocycles. The second-order valence-corrected chi connectivity index (χ2v) is 4.57. The predicted octanol–water partition coefficient (Wildman–Crippen LogP) is 3.57. The Kier molecular flexibility index (Phi) is 3.81. The summed E-state index contributed by atoms with van der Waals surface area (Å²) in [5.41, 5.74) is 2.69. The Bertz CT molecular complexity index is 692. The van der Waals surface area contributed by atoms with Gasteiger partial charge in [-0.1, -0.05) is 0 Å². The molecule has 0 unspecified atom stereocenters. The van der Waals surface area contributed by atoms with E-state index in [4.69, 9.17) is 10.00 Å². The van der Waals surface area contributed by atoms with E-state index in [2.05, 4.69) is 11.1 Å². The largest absolute Gasteiger partial charge is 0.438 e. The van der Waals surface area contributed by atoms with Crippen LogP contribution in [0.5, 0.6) is 11.6 Å². The summed E-state index contributed by atoms with van der Waals surface area (Å²) in [7, 11) is 0. The molecule has 1 heterocycles. The quantitative estimate of drug-likeness (QED) is 0.797. The number of aromatic nitrogens is 1. The Balaban J connectivity index is 2.46. The van der Waals surface area contributed by atoms with E-state index < -0.39 is 0 Å². The number of Topliss-reactive ketones (excluding diaryl/α,β-unsaturated/α-hetero) is 1. The Labute approximate surface area is 117 Å². The number of nitrogens with zero attached hydrogens (tertiary/aromatic N) is 2. The molecule has 4 heteroatoms. The van der Waals surface area contributed by atoms with Crippen LogP contribution in [0.15, 0.2) is 30.5 Å². The van der Waals surface area contributed by atoms with E-state index >= 15 is 0 Å². The summed E-state index contributed by atoms with van der Waals surface area (Å²) in [6, 6.07) is 8.98. The number of hydrogen-bond acceptors (Lipinski definition) is 4. The van der Waals surface area contributed by atoms with E-state index in [9.17, 15) is 4.79 Å². The molecule has 0 bridgehead atoms. The smallest absolute Gasteiger partial charge is 0.230 e. The lowest BCUT2D eigenvalue weighted by Crippen LogP contribution is -2.01. The van der Waals surface area contributed by atoms with Gasteiger partial charge in [-0.3, -0.25) is 4.79 Å². The first-order valence-corrected chi connectivity index (χ1v) is 6.18. The van der Waals surface area contributed by atoms with Crippen LogP contribution in [0, 0.1) is 25.2 Å². The van der Waals surface area contributed by atoms with Gasteiger partial charge in [-0.05, 0) is 56.2 Å². The van der Waals surface area contributed by atoms with Crippen molar-refractivity contribution in [2.75, 3.05) is 0 Å². The molecule has 2 rings (SSSR count). The maximum atomic E-state index is 11.6. The highest BCUT2D eigenvalue weighted by Gasteiger charge is 2.13. The Morgan fingerprint density at radius 3 is 2.50 bits per heavy atom. The van der Waals surface area contributed by atoms with Crippen molar-refractivity contribution < 1.29 is 9.53 Å². The van der Waals surface area contributed by atoms with Gasteiger partial charge < -0.3 is 4.74 Å². The lowest BCUT2D eigenvalue weighted by Gasteiger charge is -2.13. The normalized spacial score (nSPS) is 9.90. The maximum absolute atomic E-state index is 11.6. The van der Waals surface area contributed by atoms with Crippen LogP contribution in [0.4, 0.5) is 0 Å². The van der Waals surface area contributed by atoms with E-state index in [1.807, 2.05) is 13.8 Å². The highest BCUT2D eigenvalue weighted by Crippen LogP contribution is 2.30. The van der Waals surface area contributed by atoms with Gasteiger partial charge in [0.15, 0.2) is 5.78 Å². The highest BCUT2D eigenvalue weighted by atomic mass is 16.5. The summed E-state index contributed by atoms with van der Waals surface area (Å²) >= 11 is 0. The van der Waals surface area contributed by atoms with Crippen LogP contribution in [0.1, 0.15) is 34.0 Å². The third-order valence-corrected chi connectivity index (χ3v) is 2.94. The lowest BCUT2D eigenvalue weighted by molar-refractivity contribution is 0.101. The van der Waals surface area contributed by atoms with Gasteiger partial charge in [0, 0.05) is 6.20 Å². The molecule has 100 valence electrons. The average Bonchev–Trinajstić information content (AvgIpc) is 2.42. The highest BCUT2D eigenvalue weighted by molar-refractivity contribution is 5.96. The number of carbonyl (C=O) groups is 1. The monoisotopic (exact) mass is 266 g/mol. The van der Waals surface area contributed by atoms with Gasteiger partial charge in [-0.25, -0.2) is 4.98 Å². The molecule has 0 aliphatic rings. The first kappa shape index (κ1) is 13.8. The molecule has 4 nitrogen and oxygen atoms in total. The van der Waals surface area contributed by atoms with Crippen molar-refractivity contribution in [3.8, 4) is 17.7 Å². The topological polar surface area (TPSA) is 63.0 Å². The molecule has 0 aliphatic carbocycles. The Morgan fingerprint density at radius 1 is 1.30 bits per heavy atom. The fourth-order valence-corrected chi connectivity index (χ4v) is 2.01. The zero-order chi connectivity index (χ0) is 14.7. The summed E-state index contributed by atoms with van der Waals surface area (Å²) in [5, 5.41) is 8.94.